The SMILES string of the molecule is Cc1c(C(=O)O)nn(-c2ccc(Cl)cc2Cl)c1-c1ccc(Cl)cc1.Cc1c(C(=O)O)nn(-c2ccc(Cl)cc2Cl)c1-c1ccc(Cl)cc1. The molecule has 0 atom stereocenters. The Morgan fingerprint density at radius 1 is 0.521 bits per heavy atom. The van der Waals surface area contributed by atoms with Crippen molar-refractivity contribution in [3.8, 4) is 33.9 Å². The van der Waals surface area contributed by atoms with Crippen LogP contribution in [0.2, 0.25) is 30.1 Å². The summed E-state index contributed by atoms with van der Waals surface area (Å²) in [4.78, 5) is 23.0. The van der Waals surface area contributed by atoms with Gasteiger partial charge in [0, 0.05) is 42.3 Å². The highest BCUT2D eigenvalue weighted by molar-refractivity contribution is 6.36. The lowest BCUT2D eigenvalue weighted by Gasteiger charge is -2.11. The van der Waals surface area contributed by atoms with E-state index in [1.165, 1.54) is 9.36 Å². The lowest BCUT2D eigenvalue weighted by molar-refractivity contribution is 0.0678. The topological polar surface area (TPSA) is 110 Å². The Balaban J connectivity index is 0.000000188. The molecule has 4 aromatic carbocycles. The summed E-state index contributed by atoms with van der Waals surface area (Å²) in [6.45, 7) is 3.42. The molecule has 48 heavy (non-hydrogen) atoms. The number of hydrogen-bond donors (Lipinski definition) is 2. The molecule has 14 heteroatoms. The first-order chi connectivity index (χ1) is 22.8. The molecule has 8 nitrogen and oxygen atoms in total. The van der Waals surface area contributed by atoms with Gasteiger partial charge in [0.1, 0.15) is 0 Å². The van der Waals surface area contributed by atoms with Crippen molar-refractivity contribution in [3.63, 3.8) is 0 Å². The predicted octanol–water partition coefficient (Wildman–Crippen LogP) is 11.0. The monoisotopic (exact) mass is 760 g/mol. The third-order valence-corrected chi connectivity index (χ3v) is 8.74. The van der Waals surface area contributed by atoms with Gasteiger partial charge in [-0.3, -0.25) is 0 Å². The van der Waals surface area contributed by atoms with Crippen LogP contribution in [-0.4, -0.2) is 41.7 Å². The summed E-state index contributed by atoms with van der Waals surface area (Å²) >= 11 is 36.3. The van der Waals surface area contributed by atoms with E-state index < -0.39 is 11.9 Å². The van der Waals surface area contributed by atoms with Crippen LogP contribution in [0.4, 0.5) is 0 Å². The van der Waals surface area contributed by atoms with E-state index in [1.54, 1.807) is 98.8 Å². The fourth-order valence-electron chi connectivity index (χ4n) is 4.95. The van der Waals surface area contributed by atoms with Gasteiger partial charge in [0.15, 0.2) is 11.4 Å². The molecular formula is C34H22Cl6N4O4. The number of carbonyl (C=O) groups is 2. The molecule has 0 aliphatic heterocycles. The standard InChI is InChI=1S/2C17H11Cl3N2O2/c2*1-9-15(17(23)24)21-22(14-7-6-12(19)8-13(14)20)16(9)10-2-4-11(18)5-3-10/h2*2-8H,1H3,(H,23,24). The maximum Gasteiger partial charge on any atom is 0.356 e. The second-order valence-electron chi connectivity index (χ2n) is 10.3. The van der Waals surface area contributed by atoms with Crippen LogP contribution >= 0.6 is 69.6 Å². The molecule has 6 aromatic rings. The van der Waals surface area contributed by atoms with E-state index in [2.05, 4.69) is 10.2 Å². The van der Waals surface area contributed by atoms with Gasteiger partial charge in [0.2, 0.25) is 0 Å². The molecule has 0 saturated heterocycles. The van der Waals surface area contributed by atoms with E-state index in [0.29, 0.717) is 64.0 Å². The molecule has 0 fully saturated rings. The molecule has 0 aliphatic carbocycles. The first kappa shape index (κ1) is 35.3. The summed E-state index contributed by atoms with van der Waals surface area (Å²) in [5.41, 5.74) is 4.92. The Hall–Kier alpha value is -4.02. The lowest BCUT2D eigenvalue weighted by Crippen LogP contribution is -2.03. The molecule has 2 aromatic heterocycles. The van der Waals surface area contributed by atoms with Crippen molar-refractivity contribution < 1.29 is 19.8 Å². The van der Waals surface area contributed by atoms with Gasteiger partial charge in [-0.2, -0.15) is 10.2 Å². The van der Waals surface area contributed by atoms with Gasteiger partial charge >= 0.3 is 11.9 Å². The van der Waals surface area contributed by atoms with Crippen molar-refractivity contribution in [1.82, 2.24) is 19.6 Å². The van der Waals surface area contributed by atoms with Crippen molar-refractivity contribution >= 4 is 81.5 Å². The summed E-state index contributed by atoms with van der Waals surface area (Å²) in [5, 5.41) is 30.2. The van der Waals surface area contributed by atoms with Gasteiger partial charge in [0.25, 0.3) is 0 Å². The van der Waals surface area contributed by atoms with Crippen molar-refractivity contribution in [2.24, 2.45) is 0 Å². The molecule has 0 aliphatic rings. The maximum absolute atomic E-state index is 11.5. The molecule has 0 saturated carbocycles. The maximum atomic E-state index is 11.5. The lowest BCUT2D eigenvalue weighted by atomic mass is 10.1. The molecule has 244 valence electrons. The highest BCUT2D eigenvalue weighted by Crippen LogP contribution is 2.35. The predicted molar refractivity (Wildman–Crippen MR) is 191 cm³/mol. The second kappa shape index (κ2) is 14.6. The largest absolute Gasteiger partial charge is 0.476 e. The molecular weight excluding hydrogens is 741 g/mol. The fourth-order valence-corrected chi connectivity index (χ4v) is 6.18. The molecule has 2 N–H and O–H groups in total. The minimum Gasteiger partial charge on any atom is -0.476 e. The Bertz CT molecular complexity index is 2020. The van der Waals surface area contributed by atoms with Crippen LogP contribution in [0.25, 0.3) is 33.9 Å². The zero-order chi connectivity index (χ0) is 34.9. The van der Waals surface area contributed by atoms with E-state index >= 15 is 0 Å². The zero-order valence-electron chi connectivity index (χ0n) is 24.9. The Morgan fingerprint density at radius 3 is 1.12 bits per heavy atom. The smallest absolute Gasteiger partial charge is 0.356 e. The van der Waals surface area contributed by atoms with Crippen LogP contribution in [0.15, 0.2) is 84.9 Å². The fraction of sp³-hybridized carbons (Fsp3) is 0.0588. The van der Waals surface area contributed by atoms with E-state index in [-0.39, 0.29) is 11.4 Å². The van der Waals surface area contributed by atoms with Gasteiger partial charge in [-0.25, -0.2) is 19.0 Å². The van der Waals surface area contributed by atoms with Crippen LogP contribution in [0.3, 0.4) is 0 Å². The van der Waals surface area contributed by atoms with Crippen molar-refractivity contribution in [2.45, 2.75) is 13.8 Å². The summed E-state index contributed by atoms with van der Waals surface area (Å²) < 4.78 is 3.03. The van der Waals surface area contributed by atoms with Crippen molar-refractivity contribution in [2.75, 3.05) is 0 Å². The summed E-state index contributed by atoms with van der Waals surface area (Å²) in [7, 11) is 0. The molecule has 0 spiro atoms. The normalized spacial score (nSPS) is 10.8. The Labute approximate surface area is 304 Å². The number of halogens is 6. The first-order valence-electron chi connectivity index (χ1n) is 13.8. The van der Waals surface area contributed by atoms with Crippen LogP contribution in [0.1, 0.15) is 32.1 Å². The van der Waals surface area contributed by atoms with Crippen LogP contribution in [0.5, 0.6) is 0 Å². The van der Waals surface area contributed by atoms with Crippen molar-refractivity contribution in [3.05, 3.63) is 138 Å². The van der Waals surface area contributed by atoms with Gasteiger partial charge in [-0.05, 0) is 74.5 Å². The zero-order valence-corrected chi connectivity index (χ0v) is 29.4. The number of hydrogen-bond acceptors (Lipinski definition) is 4. The number of aromatic nitrogens is 4. The molecule has 0 bridgehead atoms. The molecule has 0 radical (unpaired) electrons. The number of aromatic carboxylic acids is 2. The van der Waals surface area contributed by atoms with E-state index in [4.69, 9.17) is 69.6 Å². The Morgan fingerprint density at radius 2 is 0.833 bits per heavy atom. The average Bonchev–Trinajstić information content (AvgIpc) is 3.55. The number of rotatable bonds is 6. The van der Waals surface area contributed by atoms with Gasteiger partial charge in [-0.15, -0.1) is 0 Å². The number of carboxylic acids is 2. The van der Waals surface area contributed by atoms with E-state index in [1.807, 2.05) is 0 Å². The highest BCUT2D eigenvalue weighted by atomic mass is 35.5. The van der Waals surface area contributed by atoms with Crippen molar-refractivity contribution in [1.29, 1.82) is 0 Å². The number of nitrogens with zero attached hydrogens (tertiary/aromatic N) is 4. The summed E-state index contributed by atoms with van der Waals surface area (Å²) in [6.07, 6.45) is 0. The minimum atomic E-state index is -1.11. The van der Waals surface area contributed by atoms with Crippen LogP contribution in [0, 0.1) is 13.8 Å². The minimum absolute atomic E-state index is 0.0361. The number of carboxylic acid groups (broad SMARTS) is 2. The van der Waals surface area contributed by atoms with Crippen LogP contribution < -0.4 is 0 Å². The summed E-state index contributed by atoms with van der Waals surface area (Å²) in [5.74, 6) is -2.21. The van der Waals surface area contributed by atoms with Gasteiger partial charge in [0.05, 0.1) is 32.8 Å². The van der Waals surface area contributed by atoms with E-state index in [9.17, 15) is 19.8 Å². The quantitative estimate of drug-likeness (QED) is 0.175. The Kier molecular flexibility index (Phi) is 10.7. The second-order valence-corrected chi connectivity index (χ2v) is 12.8. The number of benzene rings is 4. The van der Waals surface area contributed by atoms with Gasteiger partial charge < -0.3 is 10.2 Å². The third kappa shape index (κ3) is 7.34. The van der Waals surface area contributed by atoms with E-state index in [0.717, 1.165) is 11.1 Å². The first-order valence-corrected chi connectivity index (χ1v) is 16.1. The molecule has 6 rings (SSSR count). The summed E-state index contributed by atoms with van der Waals surface area (Å²) in [6, 6.07) is 24.1. The van der Waals surface area contributed by atoms with Gasteiger partial charge in [-0.1, -0.05) is 93.9 Å². The molecule has 0 amide bonds. The molecule has 2 heterocycles. The average molecular weight is 763 g/mol. The molecule has 0 unspecified atom stereocenters. The van der Waals surface area contributed by atoms with Crippen LogP contribution in [-0.2, 0) is 0 Å². The third-order valence-electron chi connectivity index (χ3n) is 7.16. The highest BCUT2D eigenvalue weighted by Gasteiger charge is 2.24.